The lowest BCUT2D eigenvalue weighted by Crippen LogP contribution is -2.21. The van der Waals surface area contributed by atoms with Crippen LogP contribution in [0.15, 0.2) is 72.8 Å². The van der Waals surface area contributed by atoms with E-state index >= 15 is 0 Å². The first kappa shape index (κ1) is 25.5. The van der Waals surface area contributed by atoms with E-state index < -0.39 is 18.5 Å². The number of hydrogen-bond donors (Lipinski definition) is 2. The monoisotopic (exact) mass is 474 g/mol. The largest absolute Gasteiger partial charge is 0.457 e. The molecule has 7 nitrogen and oxygen atoms in total. The third kappa shape index (κ3) is 8.30. The average Bonchev–Trinajstić information content (AvgIpc) is 2.83. The Balaban J connectivity index is 1.42. The Hall–Kier alpha value is -4.13. The van der Waals surface area contributed by atoms with Crippen molar-refractivity contribution >= 4 is 29.2 Å². The number of carbonyl (C=O) groups excluding carboxylic acids is 3. The van der Waals surface area contributed by atoms with Crippen LogP contribution < -0.4 is 15.4 Å². The van der Waals surface area contributed by atoms with Gasteiger partial charge in [0, 0.05) is 17.8 Å². The lowest BCUT2D eigenvalue weighted by atomic mass is 10.0. The summed E-state index contributed by atoms with van der Waals surface area (Å²) in [7, 11) is 0. The highest BCUT2D eigenvalue weighted by Gasteiger charge is 2.12. The Morgan fingerprint density at radius 3 is 2.14 bits per heavy atom. The van der Waals surface area contributed by atoms with Gasteiger partial charge in [-0.3, -0.25) is 14.4 Å². The van der Waals surface area contributed by atoms with E-state index in [1.54, 1.807) is 48.5 Å². The fourth-order valence-corrected chi connectivity index (χ4v) is 3.32. The number of esters is 1. The first-order valence-corrected chi connectivity index (χ1v) is 11.5. The summed E-state index contributed by atoms with van der Waals surface area (Å²) in [6, 6.07) is 22.0. The van der Waals surface area contributed by atoms with Gasteiger partial charge in [-0.05, 0) is 66.4 Å². The molecule has 3 aromatic carbocycles. The molecule has 0 bridgehead atoms. The average molecular weight is 475 g/mol. The molecule has 3 aromatic rings. The first-order valence-electron chi connectivity index (χ1n) is 11.5. The molecule has 35 heavy (non-hydrogen) atoms. The van der Waals surface area contributed by atoms with Crippen LogP contribution in [0.4, 0.5) is 11.4 Å². The second kappa shape index (κ2) is 12.4. The zero-order valence-electron chi connectivity index (χ0n) is 20.2. The number of para-hydroxylation sites is 1. The van der Waals surface area contributed by atoms with Crippen LogP contribution in [0, 0.1) is 6.92 Å². The Kier molecular flexibility index (Phi) is 9.01. The number of aryl methyl sites for hydroxylation is 1. The van der Waals surface area contributed by atoms with Crippen LogP contribution >= 0.6 is 0 Å². The third-order valence-corrected chi connectivity index (χ3v) is 5.13. The van der Waals surface area contributed by atoms with Gasteiger partial charge in [-0.1, -0.05) is 44.2 Å². The molecule has 0 spiro atoms. The lowest BCUT2D eigenvalue weighted by molar-refractivity contribution is -0.147. The zero-order valence-corrected chi connectivity index (χ0v) is 20.2. The second-order valence-electron chi connectivity index (χ2n) is 8.45. The maximum absolute atomic E-state index is 12.2. The Bertz CT molecular complexity index is 1160. The molecule has 0 aliphatic heterocycles. The SMILES string of the molecule is Cc1ccc(C(C)C)c(Oc2ccc(NC(=O)CCC(=O)OCC(=O)Nc3ccccc3)cc2)c1. The van der Waals surface area contributed by atoms with E-state index in [9.17, 15) is 14.4 Å². The molecular formula is C28H30N2O5. The van der Waals surface area contributed by atoms with E-state index in [1.165, 1.54) is 0 Å². The van der Waals surface area contributed by atoms with Crippen LogP contribution in [0.1, 0.15) is 43.7 Å². The predicted molar refractivity (Wildman–Crippen MR) is 136 cm³/mol. The molecule has 2 amide bonds. The van der Waals surface area contributed by atoms with Crippen molar-refractivity contribution in [2.45, 2.75) is 39.5 Å². The van der Waals surface area contributed by atoms with Gasteiger partial charge in [0.05, 0.1) is 6.42 Å². The van der Waals surface area contributed by atoms with Crippen molar-refractivity contribution in [3.05, 3.63) is 83.9 Å². The molecule has 0 atom stereocenters. The normalized spacial score (nSPS) is 10.5. The van der Waals surface area contributed by atoms with E-state index in [1.807, 2.05) is 19.1 Å². The Labute approximate surface area is 205 Å². The van der Waals surface area contributed by atoms with Crippen molar-refractivity contribution in [1.82, 2.24) is 0 Å². The molecule has 0 saturated carbocycles. The molecule has 0 aromatic heterocycles. The number of amides is 2. The van der Waals surface area contributed by atoms with Crippen molar-refractivity contribution in [2.75, 3.05) is 17.2 Å². The van der Waals surface area contributed by atoms with Crippen molar-refractivity contribution in [3.63, 3.8) is 0 Å². The standard InChI is InChI=1S/C28H30N2O5/c1-19(2)24-14-9-20(3)17-25(24)35-23-12-10-22(11-13-23)29-26(31)15-16-28(33)34-18-27(32)30-21-7-5-4-6-8-21/h4-14,17,19H,15-16,18H2,1-3H3,(H,29,31)(H,30,32). The van der Waals surface area contributed by atoms with Gasteiger partial charge in [0.25, 0.3) is 5.91 Å². The molecule has 0 heterocycles. The number of anilines is 2. The fourth-order valence-electron chi connectivity index (χ4n) is 3.32. The topological polar surface area (TPSA) is 93.7 Å². The summed E-state index contributed by atoms with van der Waals surface area (Å²) in [5, 5.41) is 5.36. The second-order valence-corrected chi connectivity index (χ2v) is 8.45. The molecule has 7 heteroatoms. The number of nitrogens with one attached hydrogen (secondary N) is 2. The number of hydrogen-bond acceptors (Lipinski definition) is 5. The van der Waals surface area contributed by atoms with Crippen LogP contribution in [0.2, 0.25) is 0 Å². The summed E-state index contributed by atoms with van der Waals surface area (Å²) in [5.41, 5.74) is 3.44. The fraction of sp³-hybridized carbons (Fsp3) is 0.250. The summed E-state index contributed by atoms with van der Waals surface area (Å²) in [6.45, 7) is 5.85. The zero-order chi connectivity index (χ0) is 25.2. The van der Waals surface area contributed by atoms with Gasteiger partial charge in [-0.2, -0.15) is 0 Å². The number of ether oxygens (including phenoxy) is 2. The van der Waals surface area contributed by atoms with E-state index in [-0.39, 0.29) is 18.7 Å². The summed E-state index contributed by atoms with van der Waals surface area (Å²) in [4.78, 5) is 35.9. The van der Waals surface area contributed by atoms with E-state index in [4.69, 9.17) is 9.47 Å². The smallest absolute Gasteiger partial charge is 0.306 e. The van der Waals surface area contributed by atoms with E-state index in [0.717, 1.165) is 16.9 Å². The molecule has 3 rings (SSSR count). The summed E-state index contributed by atoms with van der Waals surface area (Å²) < 4.78 is 11.0. The van der Waals surface area contributed by atoms with Gasteiger partial charge in [-0.25, -0.2) is 0 Å². The van der Waals surface area contributed by atoms with Gasteiger partial charge >= 0.3 is 5.97 Å². The minimum Gasteiger partial charge on any atom is -0.457 e. The molecule has 0 fully saturated rings. The Morgan fingerprint density at radius 1 is 0.800 bits per heavy atom. The Morgan fingerprint density at radius 2 is 1.46 bits per heavy atom. The van der Waals surface area contributed by atoms with E-state index in [0.29, 0.717) is 23.0 Å². The van der Waals surface area contributed by atoms with Crippen LogP contribution in [0.25, 0.3) is 0 Å². The van der Waals surface area contributed by atoms with Gasteiger partial charge in [0.2, 0.25) is 5.91 Å². The van der Waals surface area contributed by atoms with E-state index in [2.05, 4.69) is 36.6 Å². The highest BCUT2D eigenvalue weighted by molar-refractivity contribution is 5.94. The number of benzene rings is 3. The third-order valence-electron chi connectivity index (χ3n) is 5.13. The van der Waals surface area contributed by atoms with Gasteiger partial charge < -0.3 is 20.1 Å². The van der Waals surface area contributed by atoms with Gasteiger partial charge in [0.1, 0.15) is 11.5 Å². The maximum Gasteiger partial charge on any atom is 0.306 e. The van der Waals surface area contributed by atoms with Crippen LogP contribution in [0.5, 0.6) is 11.5 Å². The summed E-state index contributed by atoms with van der Waals surface area (Å²) >= 11 is 0. The molecule has 0 aliphatic carbocycles. The molecule has 2 N–H and O–H groups in total. The quantitative estimate of drug-likeness (QED) is 0.362. The number of rotatable bonds is 10. The molecule has 182 valence electrons. The molecular weight excluding hydrogens is 444 g/mol. The summed E-state index contributed by atoms with van der Waals surface area (Å²) in [5.74, 6) is 0.411. The van der Waals surface area contributed by atoms with Gasteiger partial charge in [-0.15, -0.1) is 0 Å². The predicted octanol–water partition coefficient (Wildman–Crippen LogP) is 5.81. The van der Waals surface area contributed by atoms with Gasteiger partial charge in [0.15, 0.2) is 6.61 Å². The van der Waals surface area contributed by atoms with Crippen LogP contribution in [0.3, 0.4) is 0 Å². The molecule has 0 aliphatic rings. The lowest BCUT2D eigenvalue weighted by Gasteiger charge is -2.15. The van der Waals surface area contributed by atoms with Crippen LogP contribution in [-0.2, 0) is 19.1 Å². The van der Waals surface area contributed by atoms with Crippen molar-refractivity contribution in [1.29, 1.82) is 0 Å². The maximum atomic E-state index is 12.2. The van der Waals surface area contributed by atoms with Crippen molar-refractivity contribution < 1.29 is 23.9 Å². The highest BCUT2D eigenvalue weighted by Crippen LogP contribution is 2.32. The van der Waals surface area contributed by atoms with Crippen LogP contribution in [-0.4, -0.2) is 24.4 Å². The molecule has 0 saturated heterocycles. The van der Waals surface area contributed by atoms with Crippen molar-refractivity contribution in [2.24, 2.45) is 0 Å². The highest BCUT2D eigenvalue weighted by atomic mass is 16.5. The van der Waals surface area contributed by atoms with Crippen molar-refractivity contribution in [3.8, 4) is 11.5 Å². The number of carbonyl (C=O) groups is 3. The minimum atomic E-state index is -0.619. The first-order chi connectivity index (χ1) is 16.8. The molecule has 0 radical (unpaired) electrons. The minimum absolute atomic E-state index is 0.0571. The summed E-state index contributed by atoms with van der Waals surface area (Å²) in [6.07, 6.45) is -0.185. The molecule has 0 unspecified atom stereocenters.